The highest BCUT2D eigenvalue weighted by Gasteiger charge is 2.15. The maximum absolute atomic E-state index is 6.33. The Kier molecular flexibility index (Phi) is 4.77. The number of hydrogen-bond acceptors (Lipinski definition) is 4. The minimum atomic E-state index is -0.0537. The summed E-state index contributed by atoms with van der Waals surface area (Å²) in [6.45, 7) is 4.69. The van der Waals surface area contributed by atoms with Crippen molar-refractivity contribution in [2.45, 2.75) is 45.7 Å². The Morgan fingerprint density at radius 1 is 1.40 bits per heavy atom. The number of aromatic nitrogens is 5. The molecule has 0 aliphatic carbocycles. The molecule has 0 saturated heterocycles. The van der Waals surface area contributed by atoms with Crippen molar-refractivity contribution in [1.82, 2.24) is 24.8 Å². The first-order valence-electron chi connectivity index (χ1n) is 6.92. The van der Waals surface area contributed by atoms with Gasteiger partial charge in [0.05, 0.1) is 40.9 Å². The molecule has 0 bridgehead atoms. The second-order valence-corrected chi connectivity index (χ2v) is 5.30. The predicted octanol–water partition coefficient (Wildman–Crippen LogP) is 2.08. The van der Waals surface area contributed by atoms with Gasteiger partial charge in [-0.3, -0.25) is 4.68 Å². The fourth-order valence-corrected chi connectivity index (χ4v) is 2.52. The Bertz CT molecular complexity index is 573. The van der Waals surface area contributed by atoms with Crippen molar-refractivity contribution in [2.75, 3.05) is 0 Å². The molecule has 1 unspecified atom stereocenters. The van der Waals surface area contributed by atoms with Gasteiger partial charge in [-0.2, -0.15) is 5.10 Å². The van der Waals surface area contributed by atoms with Crippen LogP contribution in [0.1, 0.15) is 49.8 Å². The molecule has 0 aromatic carbocycles. The second kappa shape index (κ2) is 6.37. The molecule has 2 heterocycles. The molecule has 0 aliphatic heterocycles. The first-order chi connectivity index (χ1) is 9.56. The van der Waals surface area contributed by atoms with Gasteiger partial charge in [0.25, 0.3) is 0 Å². The van der Waals surface area contributed by atoms with E-state index in [1.165, 1.54) is 0 Å². The van der Waals surface area contributed by atoms with E-state index in [-0.39, 0.29) is 6.04 Å². The molecule has 0 amide bonds. The summed E-state index contributed by atoms with van der Waals surface area (Å²) in [6.07, 6.45) is 4.64. The van der Waals surface area contributed by atoms with Gasteiger partial charge in [0.1, 0.15) is 0 Å². The van der Waals surface area contributed by atoms with E-state index in [1.54, 1.807) is 9.36 Å². The lowest BCUT2D eigenvalue weighted by atomic mass is 10.1. The fourth-order valence-electron chi connectivity index (χ4n) is 2.16. The third kappa shape index (κ3) is 3.02. The molecule has 2 aromatic heterocycles. The highest BCUT2D eigenvalue weighted by Crippen LogP contribution is 2.21. The van der Waals surface area contributed by atoms with Crippen molar-refractivity contribution < 1.29 is 0 Å². The van der Waals surface area contributed by atoms with Crippen LogP contribution in [0.3, 0.4) is 0 Å². The Balaban J connectivity index is 2.17. The number of nitrogens with two attached hydrogens (primary N) is 1. The van der Waals surface area contributed by atoms with Gasteiger partial charge in [0.2, 0.25) is 0 Å². The van der Waals surface area contributed by atoms with Gasteiger partial charge < -0.3 is 5.73 Å². The number of aryl methyl sites for hydroxylation is 2. The van der Waals surface area contributed by atoms with Crippen molar-refractivity contribution in [3.05, 3.63) is 28.3 Å². The van der Waals surface area contributed by atoms with Crippen LogP contribution in [0.5, 0.6) is 0 Å². The molecule has 2 rings (SSSR count). The molecule has 6 nitrogen and oxygen atoms in total. The van der Waals surface area contributed by atoms with Crippen LogP contribution in [-0.4, -0.2) is 24.8 Å². The quantitative estimate of drug-likeness (QED) is 0.885. The Hall–Kier alpha value is -1.40. The Labute approximate surface area is 123 Å². The van der Waals surface area contributed by atoms with E-state index in [0.29, 0.717) is 11.6 Å². The molecule has 2 aromatic rings. The maximum Gasteiger partial charge on any atom is 0.0994 e. The number of nitrogens with zero attached hydrogens (tertiary/aromatic N) is 5. The monoisotopic (exact) mass is 296 g/mol. The summed E-state index contributed by atoms with van der Waals surface area (Å²) < 4.78 is 3.56. The van der Waals surface area contributed by atoms with Gasteiger partial charge in [-0.1, -0.05) is 37.1 Å². The molecular formula is C13H21ClN6. The van der Waals surface area contributed by atoms with Crippen molar-refractivity contribution in [3.8, 4) is 0 Å². The maximum atomic E-state index is 6.33. The summed E-state index contributed by atoms with van der Waals surface area (Å²) in [5.41, 5.74) is 8.70. The van der Waals surface area contributed by atoms with Gasteiger partial charge in [-0.25, -0.2) is 4.68 Å². The lowest BCUT2D eigenvalue weighted by Crippen LogP contribution is -2.10. The highest BCUT2D eigenvalue weighted by molar-refractivity contribution is 6.31. The normalized spacial score (nSPS) is 12.8. The topological polar surface area (TPSA) is 74.6 Å². The van der Waals surface area contributed by atoms with Crippen molar-refractivity contribution in [2.24, 2.45) is 12.8 Å². The summed E-state index contributed by atoms with van der Waals surface area (Å²) in [5, 5.41) is 13.4. The molecule has 2 N–H and O–H groups in total. The Morgan fingerprint density at radius 2 is 2.15 bits per heavy atom. The SMILES string of the molecule is CCCC(N)c1cn(Cc2c(Cl)c(CC)nn2C)nn1. The van der Waals surface area contributed by atoms with Crippen LogP contribution in [0.2, 0.25) is 5.02 Å². The summed E-state index contributed by atoms with van der Waals surface area (Å²) >= 11 is 6.33. The van der Waals surface area contributed by atoms with Crippen LogP contribution >= 0.6 is 11.6 Å². The van der Waals surface area contributed by atoms with E-state index in [4.69, 9.17) is 17.3 Å². The van der Waals surface area contributed by atoms with Crippen LogP contribution in [0.15, 0.2) is 6.20 Å². The van der Waals surface area contributed by atoms with Gasteiger partial charge in [0.15, 0.2) is 0 Å². The molecular weight excluding hydrogens is 276 g/mol. The molecule has 0 fully saturated rings. The predicted molar refractivity (Wildman–Crippen MR) is 78.6 cm³/mol. The molecule has 7 heteroatoms. The molecule has 1 atom stereocenters. The highest BCUT2D eigenvalue weighted by atomic mass is 35.5. The first kappa shape index (κ1) is 15.0. The fraction of sp³-hybridized carbons (Fsp3) is 0.615. The molecule has 20 heavy (non-hydrogen) atoms. The van der Waals surface area contributed by atoms with Crippen molar-refractivity contribution >= 4 is 11.6 Å². The standard InChI is InChI=1S/C13H21ClN6/c1-4-6-9(15)11-7-20(18-16-11)8-12-13(14)10(5-2)17-19(12)3/h7,9H,4-6,8,15H2,1-3H3. The third-order valence-corrected chi connectivity index (χ3v) is 3.79. The van der Waals surface area contributed by atoms with Gasteiger partial charge in [0, 0.05) is 7.05 Å². The van der Waals surface area contributed by atoms with Crippen molar-refractivity contribution in [3.63, 3.8) is 0 Å². The van der Waals surface area contributed by atoms with Crippen LogP contribution in [-0.2, 0) is 20.0 Å². The smallest absolute Gasteiger partial charge is 0.0994 e. The molecule has 110 valence electrons. The summed E-state index contributed by atoms with van der Waals surface area (Å²) in [7, 11) is 1.89. The lowest BCUT2D eigenvalue weighted by molar-refractivity contribution is 0.597. The Morgan fingerprint density at radius 3 is 2.75 bits per heavy atom. The lowest BCUT2D eigenvalue weighted by Gasteiger charge is -2.05. The minimum Gasteiger partial charge on any atom is -0.323 e. The van der Waals surface area contributed by atoms with E-state index in [9.17, 15) is 0 Å². The van der Waals surface area contributed by atoms with E-state index in [1.807, 2.05) is 20.2 Å². The van der Waals surface area contributed by atoms with Gasteiger partial charge in [-0.15, -0.1) is 5.10 Å². The molecule has 0 saturated carbocycles. The van der Waals surface area contributed by atoms with Crippen LogP contribution < -0.4 is 5.73 Å². The zero-order chi connectivity index (χ0) is 14.7. The second-order valence-electron chi connectivity index (χ2n) is 4.92. The van der Waals surface area contributed by atoms with E-state index >= 15 is 0 Å². The van der Waals surface area contributed by atoms with E-state index in [2.05, 4.69) is 22.3 Å². The minimum absolute atomic E-state index is 0.0537. The van der Waals surface area contributed by atoms with Crippen LogP contribution in [0, 0.1) is 0 Å². The first-order valence-corrected chi connectivity index (χ1v) is 7.30. The van der Waals surface area contributed by atoms with E-state index in [0.717, 1.165) is 36.3 Å². The summed E-state index contributed by atoms with van der Waals surface area (Å²) in [5.74, 6) is 0. The van der Waals surface area contributed by atoms with E-state index < -0.39 is 0 Å². The van der Waals surface area contributed by atoms with Gasteiger partial charge >= 0.3 is 0 Å². The average molecular weight is 297 g/mol. The summed E-state index contributed by atoms with van der Waals surface area (Å²) in [4.78, 5) is 0. The summed E-state index contributed by atoms with van der Waals surface area (Å²) in [6, 6.07) is -0.0537. The van der Waals surface area contributed by atoms with Gasteiger partial charge in [-0.05, 0) is 12.8 Å². The number of halogens is 1. The number of rotatable bonds is 6. The number of hydrogen-bond donors (Lipinski definition) is 1. The largest absolute Gasteiger partial charge is 0.323 e. The third-order valence-electron chi connectivity index (χ3n) is 3.35. The molecule has 0 radical (unpaired) electrons. The molecule has 0 spiro atoms. The van der Waals surface area contributed by atoms with Crippen LogP contribution in [0.4, 0.5) is 0 Å². The zero-order valence-electron chi connectivity index (χ0n) is 12.2. The average Bonchev–Trinajstić information content (AvgIpc) is 2.99. The zero-order valence-corrected chi connectivity index (χ0v) is 12.9. The van der Waals surface area contributed by atoms with Crippen LogP contribution in [0.25, 0.3) is 0 Å². The molecule has 0 aliphatic rings. The van der Waals surface area contributed by atoms with Crippen molar-refractivity contribution in [1.29, 1.82) is 0 Å².